The first-order valence-electron chi connectivity index (χ1n) is 10.8. The van der Waals surface area contributed by atoms with E-state index in [1.807, 2.05) is 42.5 Å². The Bertz CT molecular complexity index is 888. The van der Waals surface area contributed by atoms with Gasteiger partial charge in [-0.3, -0.25) is 0 Å². The van der Waals surface area contributed by atoms with Gasteiger partial charge in [0.15, 0.2) is 24.6 Å². The first-order valence-corrected chi connectivity index (χ1v) is 10.8. The fourth-order valence-corrected chi connectivity index (χ4v) is 3.15. The van der Waals surface area contributed by atoms with Crippen molar-refractivity contribution in [3.05, 3.63) is 59.7 Å². The first kappa shape index (κ1) is 23.6. The molecule has 0 spiro atoms. The van der Waals surface area contributed by atoms with E-state index < -0.39 is 5.97 Å². The van der Waals surface area contributed by atoms with Gasteiger partial charge in [-0.05, 0) is 61.2 Å². The minimum Gasteiger partial charge on any atom is -0.485 e. The average molecular weight is 443 g/mol. The maximum atomic E-state index is 11.6. The number of benzene rings is 2. The summed E-state index contributed by atoms with van der Waals surface area (Å²) in [6.45, 7) is 3.29. The minimum absolute atomic E-state index is 0.179. The van der Waals surface area contributed by atoms with Crippen LogP contribution in [0, 0.1) is 0 Å². The summed E-state index contributed by atoms with van der Waals surface area (Å²) in [5.41, 5.74) is 1.73. The molecule has 0 aromatic heterocycles. The number of hydrogen-bond acceptors (Lipinski definition) is 7. The Kier molecular flexibility index (Phi) is 9.40. The van der Waals surface area contributed by atoms with Crippen LogP contribution in [-0.4, -0.2) is 39.4 Å². The van der Waals surface area contributed by atoms with Crippen molar-refractivity contribution >= 4 is 12.0 Å². The number of carbonyl (C=O) groups is 1. The fourth-order valence-electron chi connectivity index (χ4n) is 3.15. The van der Waals surface area contributed by atoms with E-state index in [0.717, 1.165) is 30.4 Å². The lowest BCUT2D eigenvalue weighted by Gasteiger charge is -2.24. The zero-order valence-electron chi connectivity index (χ0n) is 18.6. The summed E-state index contributed by atoms with van der Waals surface area (Å²) in [5.74, 6) is 1.47. The van der Waals surface area contributed by atoms with Crippen molar-refractivity contribution < 1.29 is 33.2 Å². The lowest BCUT2D eigenvalue weighted by molar-refractivity contribution is -0.137. The molecule has 3 rings (SSSR count). The van der Waals surface area contributed by atoms with Gasteiger partial charge in [0.05, 0.1) is 13.2 Å². The summed E-state index contributed by atoms with van der Waals surface area (Å²) in [6.07, 6.45) is 5.73. The second-order valence-electron chi connectivity index (χ2n) is 7.19. The van der Waals surface area contributed by atoms with Crippen molar-refractivity contribution in [2.45, 2.75) is 39.1 Å². The van der Waals surface area contributed by atoms with Gasteiger partial charge < -0.3 is 28.4 Å². The largest absolute Gasteiger partial charge is 0.485 e. The Hall–Kier alpha value is -3.03. The van der Waals surface area contributed by atoms with E-state index in [0.29, 0.717) is 37.1 Å². The van der Waals surface area contributed by atoms with Gasteiger partial charge in [0, 0.05) is 19.6 Å². The number of esters is 1. The maximum absolute atomic E-state index is 11.6. The molecule has 1 fully saturated rings. The van der Waals surface area contributed by atoms with Gasteiger partial charge in [0.1, 0.15) is 12.4 Å². The molecule has 1 heterocycles. The lowest BCUT2D eigenvalue weighted by atomic mass is 10.1. The smallest absolute Gasteiger partial charge is 0.330 e. The summed E-state index contributed by atoms with van der Waals surface area (Å²) in [4.78, 5) is 11.6. The quantitative estimate of drug-likeness (QED) is 0.283. The molecule has 7 nitrogen and oxygen atoms in total. The van der Waals surface area contributed by atoms with Gasteiger partial charge in [-0.25, -0.2) is 4.79 Å². The highest BCUT2D eigenvalue weighted by molar-refractivity contribution is 5.87. The van der Waals surface area contributed by atoms with Gasteiger partial charge in [0.25, 0.3) is 0 Å². The molecule has 0 N–H and O–H groups in total. The first-order chi connectivity index (χ1) is 15.7. The van der Waals surface area contributed by atoms with Crippen molar-refractivity contribution in [1.82, 2.24) is 0 Å². The third-order valence-corrected chi connectivity index (χ3v) is 4.70. The molecule has 0 saturated carbocycles. The maximum Gasteiger partial charge on any atom is 0.330 e. The molecule has 1 unspecified atom stereocenters. The van der Waals surface area contributed by atoms with Crippen LogP contribution in [0.3, 0.4) is 0 Å². The number of ether oxygens (including phenoxy) is 6. The second-order valence-corrected chi connectivity index (χ2v) is 7.19. The van der Waals surface area contributed by atoms with Crippen LogP contribution >= 0.6 is 0 Å². The fraction of sp³-hybridized carbons (Fsp3) is 0.400. The standard InChI is InChI=1S/C25H30O7/c1-3-28-24(26)13-11-19-10-12-22(32-25-9-4-5-14-29-25)23(16-19)30-17-20-7-6-8-21(15-20)31-18-27-2/h6-8,10-13,15-16,25H,3-5,9,14,17-18H2,1-2H3/b13-11+. The van der Waals surface area contributed by atoms with Gasteiger partial charge in [-0.15, -0.1) is 0 Å². The van der Waals surface area contributed by atoms with Crippen LogP contribution in [0.15, 0.2) is 48.5 Å². The Morgan fingerprint density at radius 3 is 2.81 bits per heavy atom. The van der Waals surface area contributed by atoms with E-state index in [9.17, 15) is 4.79 Å². The molecule has 0 aliphatic carbocycles. The SMILES string of the molecule is CCOC(=O)/C=C/c1ccc(OC2CCCCO2)c(OCc2cccc(OCOC)c2)c1. The molecular formula is C25H30O7. The molecular weight excluding hydrogens is 412 g/mol. The van der Waals surface area contributed by atoms with Crippen molar-refractivity contribution in [3.8, 4) is 17.2 Å². The van der Waals surface area contributed by atoms with E-state index in [1.54, 1.807) is 20.1 Å². The Morgan fingerprint density at radius 2 is 2.03 bits per heavy atom. The number of hydrogen-bond donors (Lipinski definition) is 0. The normalized spacial score (nSPS) is 16.0. The number of rotatable bonds is 11. The molecule has 0 amide bonds. The molecule has 1 aliphatic rings. The van der Waals surface area contributed by atoms with Crippen LogP contribution in [0.2, 0.25) is 0 Å². The zero-order chi connectivity index (χ0) is 22.6. The third-order valence-electron chi connectivity index (χ3n) is 4.70. The predicted molar refractivity (Wildman–Crippen MR) is 120 cm³/mol. The molecule has 32 heavy (non-hydrogen) atoms. The van der Waals surface area contributed by atoms with Crippen LogP contribution < -0.4 is 14.2 Å². The summed E-state index contributed by atoms with van der Waals surface area (Å²) in [5, 5.41) is 0. The molecule has 7 heteroatoms. The number of carbonyl (C=O) groups excluding carboxylic acids is 1. The summed E-state index contributed by atoms with van der Waals surface area (Å²) in [7, 11) is 1.58. The Balaban J connectivity index is 1.74. The van der Waals surface area contributed by atoms with Gasteiger partial charge in [-0.1, -0.05) is 18.2 Å². The van der Waals surface area contributed by atoms with E-state index in [2.05, 4.69) is 0 Å². The van der Waals surface area contributed by atoms with Crippen molar-refractivity contribution in [1.29, 1.82) is 0 Å². The Labute approximate surface area is 188 Å². The summed E-state index contributed by atoms with van der Waals surface area (Å²) >= 11 is 0. The molecule has 172 valence electrons. The van der Waals surface area contributed by atoms with Crippen LogP contribution in [0.1, 0.15) is 37.3 Å². The summed E-state index contributed by atoms with van der Waals surface area (Å²) in [6, 6.07) is 13.1. The van der Waals surface area contributed by atoms with Crippen LogP contribution in [0.25, 0.3) is 6.08 Å². The molecule has 1 aliphatic heterocycles. The average Bonchev–Trinajstić information content (AvgIpc) is 2.82. The molecule has 1 atom stereocenters. The predicted octanol–water partition coefficient (Wildman–Crippen LogP) is 4.73. The second kappa shape index (κ2) is 12.7. The monoisotopic (exact) mass is 442 g/mol. The molecule has 0 radical (unpaired) electrons. The van der Waals surface area contributed by atoms with Crippen LogP contribution in [0.5, 0.6) is 17.2 Å². The molecule has 0 bridgehead atoms. The topological polar surface area (TPSA) is 72.5 Å². The molecule has 2 aromatic rings. The number of methoxy groups -OCH3 is 1. The van der Waals surface area contributed by atoms with Crippen molar-refractivity contribution in [3.63, 3.8) is 0 Å². The summed E-state index contributed by atoms with van der Waals surface area (Å²) < 4.78 is 33.3. The highest BCUT2D eigenvalue weighted by Crippen LogP contribution is 2.32. The van der Waals surface area contributed by atoms with E-state index in [-0.39, 0.29) is 13.1 Å². The van der Waals surface area contributed by atoms with Gasteiger partial charge in [-0.2, -0.15) is 0 Å². The van der Waals surface area contributed by atoms with Crippen LogP contribution in [-0.2, 0) is 25.6 Å². The van der Waals surface area contributed by atoms with Gasteiger partial charge >= 0.3 is 5.97 Å². The van der Waals surface area contributed by atoms with Crippen LogP contribution in [0.4, 0.5) is 0 Å². The molecule has 1 saturated heterocycles. The van der Waals surface area contributed by atoms with E-state index in [1.165, 1.54) is 6.08 Å². The third kappa shape index (κ3) is 7.59. The highest BCUT2D eigenvalue weighted by atomic mass is 16.7. The van der Waals surface area contributed by atoms with Crippen molar-refractivity contribution in [2.75, 3.05) is 27.1 Å². The van der Waals surface area contributed by atoms with Gasteiger partial charge in [0.2, 0.25) is 0 Å². The zero-order valence-corrected chi connectivity index (χ0v) is 18.6. The van der Waals surface area contributed by atoms with E-state index >= 15 is 0 Å². The Morgan fingerprint density at radius 1 is 1.12 bits per heavy atom. The minimum atomic E-state index is -0.390. The molecule has 2 aromatic carbocycles. The van der Waals surface area contributed by atoms with Crippen molar-refractivity contribution in [2.24, 2.45) is 0 Å². The highest BCUT2D eigenvalue weighted by Gasteiger charge is 2.18. The lowest BCUT2D eigenvalue weighted by Crippen LogP contribution is -2.25. The van der Waals surface area contributed by atoms with E-state index in [4.69, 9.17) is 28.4 Å².